The normalized spacial score (nSPS) is 8.45. The Morgan fingerprint density at radius 1 is 1.45 bits per heavy atom. The fraction of sp³-hybridized carbons (Fsp3) is 0. The van der Waals surface area contributed by atoms with Crippen molar-refractivity contribution >= 4 is 28.6 Å². The summed E-state index contributed by atoms with van der Waals surface area (Å²) in [5.74, 6) is -0.876. The van der Waals surface area contributed by atoms with E-state index in [0.717, 1.165) is 3.57 Å². The van der Waals surface area contributed by atoms with E-state index in [4.69, 9.17) is 5.11 Å². The summed E-state index contributed by atoms with van der Waals surface area (Å²) in [7, 11) is 0. The van der Waals surface area contributed by atoms with E-state index in [-0.39, 0.29) is 16.5 Å². The summed E-state index contributed by atoms with van der Waals surface area (Å²) in [6.07, 6.45) is 0. The Bertz CT molecular complexity index is 262. The molecule has 1 aromatic rings. The second kappa shape index (κ2) is 4.72. The zero-order chi connectivity index (χ0) is 7.56. The van der Waals surface area contributed by atoms with Crippen LogP contribution in [0.1, 0.15) is 10.4 Å². The summed E-state index contributed by atoms with van der Waals surface area (Å²) in [6, 6.07) is 6.78. The van der Waals surface area contributed by atoms with Gasteiger partial charge in [0.05, 0.1) is 5.56 Å². The Balaban J connectivity index is 0.000001000. The van der Waals surface area contributed by atoms with Crippen molar-refractivity contribution < 1.29 is 26.4 Å². The number of aromatic carboxylic acids is 1. The predicted molar refractivity (Wildman–Crippen MR) is 46.1 cm³/mol. The van der Waals surface area contributed by atoms with Crippen LogP contribution in [0, 0.1) is 3.57 Å². The number of halogens is 1. The number of hydrogen-bond acceptors (Lipinski definition) is 1. The van der Waals surface area contributed by atoms with Crippen molar-refractivity contribution in [2.24, 2.45) is 0 Å². The van der Waals surface area contributed by atoms with Gasteiger partial charge in [0.2, 0.25) is 0 Å². The maximum absolute atomic E-state index is 10.3. The summed E-state index contributed by atoms with van der Waals surface area (Å²) in [5, 5.41) is 8.51. The maximum Gasteiger partial charge on any atom is 0.335 e. The molecule has 0 aromatic heterocycles. The third-order valence-corrected chi connectivity index (χ3v) is 1.74. The molecule has 0 unspecified atom stereocenters. The van der Waals surface area contributed by atoms with Crippen molar-refractivity contribution in [3.63, 3.8) is 0 Å². The molecule has 1 rings (SSSR count). The van der Waals surface area contributed by atoms with Gasteiger partial charge in [0.25, 0.3) is 0 Å². The van der Waals surface area contributed by atoms with Crippen LogP contribution < -0.4 is 0 Å². The van der Waals surface area contributed by atoms with Gasteiger partial charge in [-0.2, -0.15) is 0 Å². The minimum Gasteiger partial charge on any atom is -0.478 e. The van der Waals surface area contributed by atoms with Crippen molar-refractivity contribution in [3.05, 3.63) is 33.4 Å². The minimum atomic E-state index is -0.876. The van der Waals surface area contributed by atoms with Crippen LogP contribution in [0.25, 0.3) is 0 Å². The number of carboxylic acid groups (broad SMARTS) is 1. The molecule has 1 N–H and O–H groups in total. The number of benzene rings is 1. The Labute approximate surface area is 88.1 Å². The van der Waals surface area contributed by atoms with Gasteiger partial charge in [-0.25, -0.2) is 4.79 Å². The molecule has 0 fully saturated rings. The Morgan fingerprint density at radius 2 is 2.09 bits per heavy atom. The zero-order valence-corrected chi connectivity index (χ0v) is 8.50. The molecule has 0 bridgehead atoms. The molecule has 2 nitrogen and oxygen atoms in total. The second-order valence-corrected chi connectivity index (χ2v) is 3.06. The SMILES string of the molecule is O=C(O)c1cccc(I)c1.[Ni]. The van der Waals surface area contributed by atoms with Crippen LogP contribution in [0.15, 0.2) is 24.3 Å². The Hall–Kier alpha value is -0.0865. The van der Waals surface area contributed by atoms with Crippen molar-refractivity contribution in [1.82, 2.24) is 0 Å². The first-order chi connectivity index (χ1) is 4.70. The van der Waals surface area contributed by atoms with Gasteiger partial charge in [-0.15, -0.1) is 0 Å². The first kappa shape index (κ1) is 10.9. The van der Waals surface area contributed by atoms with Crippen molar-refractivity contribution in [3.8, 4) is 0 Å². The zero-order valence-electron chi connectivity index (χ0n) is 5.36. The summed E-state index contributed by atoms with van der Waals surface area (Å²) in [4.78, 5) is 10.3. The van der Waals surface area contributed by atoms with E-state index in [1.165, 1.54) is 0 Å². The van der Waals surface area contributed by atoms with Crippen LogP contribution in [0.5, 0.6) is 0 Å². The van der Waals surface area contributed by atoms with Gasteiger partial charge < -0.3 is 5.11 Å². The van der Waals surface area contributed by atoms with E-state index >= 15 is 0 Å². The van der Waals surface area contributed by atoms with Gasteiger partial charge in [0.1, 0.15) is 0 Å². The summed E-state index contributed by atoms with van der Waals surface area (Å²) in [6.45, 7) is 0. The number of hydrogen-bond donors (Lipinski definition) is 1. The van der Waals surface area contributed by atoms with Crippen LogP contribution >= 0.6 is 22.6 Å². The van der Waals surface area contributed by atoms with Gasteiger partial charge in [-0.05, 0) is 40.8 Å². The molecule has 0 aliphatic carbocycles. The van der Waals surface area contributed by atoms with Crippen LogP contribution in [-0.2, 0) is 16.5 Å². The fourth-order valence-corrected chi connectivity index (χ4v) is 1.16. The van der Waals surface area contributed by atoms with Crippen molar-refractivity contribution in [2.45, 2.75) is 0 Å². The second-order valence-electron chi connectivity index (χ2n) is 1.82. The molecule has 0 heterocycles. The molecule has 0 atom stereocenters. The van der Waals surface area contributed by atoms with E-state index in [2.05, 4.69) is 22.6 Å². The molecule has 0 aliphatic heterocycles. The maximum atomic E-state index is 10.3. The fourth-order valence-electron chi connectivity index (χ4n) is 0.622. The van der Waals surface area contributed by atoms with Crippen molar-refractivity contribution in [2.75, 3.05) is 0 Å². The van der Waals surface area contributed by atoms with E-state index in [0.29, 0.717) is 5.56 Å². The Kier molecular flexibility index (Phi) is 4.69. The van der Waals surface area contributed by atoms with Crippen LogP contribution in [-0.4, -0.2) is 11.1 Å². The first-order valence-electron chi connectivity index (χ1n) is 2.69. The molecule has 0 amide bonds. The number of carboxylic acids is 1. The molecule has 0 saturated heterocycles. The molecule has 62 valence electrons. The van der Waals surface area contributed by atoms with Crippen LogP contribution in [0.3, 0.4) is 0 Å². The van der Waals surface area contributed by atoms with Crippen LogP contribution in [0.4, 0.5) is 0 Å². The van der Waals surface area contributed by atoms with Gasteiger partial charge in [-0.1, -0.05) is 6.07 Å². The first-order valence-corrected chi connectivity index (χ1v) is 3.77. The van der Waals surface area contributed by atoms with Gasteiger partial charge in [0, 0.05) is 20.1 Å². The third kappa shape index (κ3) is 3.21. The number of carbonyl (C=O) groups is 1. The molecular weight excluding hydrogens is 302 g/mol. The van der Waals surface area contributed by atoms with Gasteiger partial charge in [0.15, 0.2) is 0 Å². The third-order valence-electron chi connectivity index (χ3n) is 1.07. The van der Waals surface area contributed by atoms with Crippen molar-refractivity contribution in [1.29, 1.82) is 0 Å². The predicted octanol–water partition coefficient (Wildman–Crippen LogP) is 1.99. The summed E-state index contributed by atoms with van der Waals surface area (Å²) in [5.41, 5.74) is 0.340. The molecule has 0 radical (unpaired) electrons. The molecule has 0 saturated carbocycles. The molecular formula is C7H5INiO2. The van der Waals surface area contributed by atoms with Crippen LogP contribution in [0.2, 0.25) is 0 Å². The monoisotopic (exact) mass is 306 g/mol. The minimum absolute atomic E-state index is 0. The van der Waals surface area contributed by atoms with Gasteiger partial charge in [-0.3, -0.25) is 0 Å². The Morgan fingerprint density at radius 3 is 2.45 bits per heavy atom. The topological polar surface area (TPSA) is 37.3 Å². The summed E-state index contributed by atoms with van der Waals surface area (Å²) < 4.78 is 0.942. The van der Waals surface area contributed by atoms with E-state index < -0.39 is 5.97 Å². The largest absolute Gasteiger partial charge is 0.478 e. The molecule has 0 spiro atoms. The van der Waals surface area contributed by atoms with E-state index in [1.54, 1.807) is 18.2 Å². The summed E-state index contributed by atoms with van der Waals surface area (Å²) >= 11 is 2.08. The molecule has 0 aliphatic rings. The van der Waals surface area contributed by atoms with E-state index in [1.807, 2.05) is 6.07 Å². The number of rotatable bonds is 1. The molecule has 1 aromatic carbocycles. The van der Waals surface area contributed by atoms with E-state index in [9.17, 15) is 4.79 Å². The smallest absolute Gasteiger partial charge is 0.335 e. The molecule has 11 heavy (non-hydrogen) atoms. The van der Waals surface area contributed by atoms with Gasteiger partial charge >= 0.3 is 5.97 Å². The quantitative estimate of drug-likeness (QED) is 0.636. The average Bonchev–Trinajstić information content (AvgIpc) is 1.88. The molecule has 4 heteroatoms. The average molecular weight is 307 g/mol. The standard InChI is InChI=1S/C7H5IO2.Ni/c8-6-3-1-2-5(4-6)7(9)10;/h1-4H,(H,9,10);.